The molecule has 1 unspecified atom stereocenters. The third-order valence-electron chi connectivity index (χ3n) is 4.77. The molecule has 3 rings (SSSR count). The zero-order valence-electron chi connectivity index (χ0n) is 14.2. The molecular weight excluding hydrogens is 362 g/mol. The van der Waals surface area contributed by atoms with E-state index in [2.05, 4.69) is 0 Å². The van der Waals surface area contributed by atoms with Crippen molar-refractivity contribution in [2.45, 2.75) is 12.8 Å². The molecule has 1 atom stereocenters. The lowest BCUT2D eigenvalue weighted by molar-refractivity contribution is -0.385. The summed E-state index contributed by atoms with van der Waals surface area (Å²) in [7, 11) is 0. The highest BCUT2D eigenvalue weighted by Gasteiger charge is 2.34. The number of carbonyl (C=O) groups excluding carboxylic acids is 2. The number of benzene rings is 1. The first-order chi connectivity index (χ1) is 12.5. The molecule has 0 spiro atoms. The molecule has 2 heterocycles. The summed E-state index contributed by atoms with van der Waals surface area (Å²) in [5, 5.41) is 11.4. The van der Waals surface area contributed by atoms with Crippen LogP contribution >= 0.6 is 11.6 Å². The molecule has 1 aromatic rings. The first kappa shape index (κ1) is 18.6. The number of amides is 2. The van der Waals surface area contributed by atoms with Crippen molar-refractivity contribution in [1.82, 2.24) is 9.80 Å². The largest absolute Gasteiger partial charge is 0.378 e. The van der Waals surface area contributed by atoms with Gasteiger partial charge in [0.1, 0.15) is 5.56 Å². The standard InChI is InChI=1S/C17H20ClN3O5/c18-13-3-4-14(15(10-13)21(24)25)17(23)20-5-1-2-12(11-20)16(22)19-6-8-26-9-7-19/h3-4,10,12H,1-2,5-9,11H2. The molecule has 0 N–H and O–H groups in total. The summed E-state index contributed by atoms with van der Waals surface area (Å²) >= 11 is 5.81. The third kappa shape index (κ3) is 3.96. The summed E-state index contributed by atoms with van der Waals surface area (Å²) in [5.74, 6) is -0.693. The smallest absolute Gasteiger partial charge is 0.283 e. The van der Waals surface area contributed by atoms with E-state index < -0.39 is 10.8 Å². The number of nitro benzene ring substituents is 1. The summed E-state index contributed by atoms with van der Waals surface area (Å²) in [4.78, 5) is 39.4. The maximum atomic E-state index is 12.8. The van der Waals surface area contributed by atoms with Crippen LogP contribution in [0.4, 0.5) is 5.69 Å². The van der Waals surface area contributed by atoms with Crippen molar-refractivity contribution < 1.29 is 19.2 Å². The summed E-state index contributed by atoms with van der Waals surface area (Å²) in [5.41, 5.74) is -0.317. The number of ether oxygens (including phenoxy) is 1. The van der Waals surface area contributed by atoms with Gasteiger partial charge in [0.05, 0.1) is 24.1 Å². The second-order valence-electron chi connectivity index (χ2n) is 6.45. The Morgan fingerprint density at radius 3 is 2.62 bits per heavy atom. The van der Waals surface area contributed by atoms with Gasteiger partial charge in [-0.15, -0.1) is 0 Å². The molecule has 9 heteroatoms. The van der Waals surface area contributed by atoms with E-state index >= 15 is 0 Å². The minimum atomic E-state index is -0.612. The van der Waals surface area contributed by atoms with Crippen LogP contribution < -0.4 is 0 Å². The second-order valence-corrected chi connectivity index (χ2v) is 6.88. The van der Waals surface area contributed by atoms with E-state index in [1.165, 1.54) is 23.1 Å². The fraction of sp³-hybridized carbons (Fsp3) is 0.529. The number of morpholine rings is 1. The number of halogens is 1. The Labute approximate surface area is 155 Å². The van der Waals surface area contributed by atoms with Crippen molar-refractivity contribution in [1.29, 1.82) is 0 Å². The average molecular weight is 382 g/mol. The lowest BCUT2D eigenvalue weighted by Gasteiger charge is -2.36. The van der Waals surface area contributed by atoms with Gasteiger partial charge in [0.15, 0.2) is 0 Å². The van der Waals surface area contributed by atoms with Gasteiger partial charge < -0.3 is 14.5 Å². The molecule has 2 amide bonds. The van der Waals surface area contributed by atoms with Crippen molar-refractivity contribution in [2.24, 2.45) is 5.92 Å². The number of nitrogens with zero attached hydrogens (tertiary/aromatic N) is 3. The zero-order valence-corrected chi connectivity index (χ0v) is 15.0. The Bertz CT molecular complexity index is 720. The van der Waals surface area contributed by atoms with Crippen LogP contribution in [0.25, 0.3) is 0 Å². The first-order valence-electron chi connectivity index (χ1n) is 8.57. The number of hydrogen-bond donors (Lipinski definition) is 0. The van der Waals surface area contributed by atoms with Crippen LogP contribution in [0.3, 0.4) is 0 Å². The molecule has 2 aliphatic heterocycles. The third-order valence-corrected chi connectivity index (χ3v) is 5.00. The van der Waals surface area contributed by atoms with Gasteiger partial charge in [0, 0.05) is 37.3 Å². The zero-order chi connectivity index (χ0) is 18.7. The van der Waals surface area contributed by atoms with E-state index in [9.17, 15) is 19.7 Å². The van der Waals surface area contributed by atoms with Gasteiger partial charge in [-0.2, -0.15) is 0 Å². The predicted octanol–water partition coefficient (Wildman–Crippen LogP) is 1.96. The lowest BCUT2D eigenvalue weighted by atomic mass is 9.95. The van der Waals surface area contributed by atoms with Crippen molar-refractivity contribution in [3.63, 3.8) is 0 Å². The summed E-state index contributed by atoms with van der Waals surface area (Å²) in [6.07, 6.45) is 1.40. The molecule has 0 radical (unpaired) electrons. The van der Waals surface area contributed by atoms with E-state index in [1.54, 1.807) is 4.90 Å². The van der Waals surface area contributed by atoms with Gasteiger partial charge in [-0.25, -0.2) is 0 Å². The maximum Gasteiger partial charge on any atom is 0.283 e. The van der Waals surface area contributed by atoms with Gasteiger partial charge >= 0.3 is 0 Å². The Balaban J connectivity index is 1.74. The highest BCUT2D eigenvalue weighted by molar-refractivity contribution is 6.31. The van der Waals surface area contributed by atoms with E-state index in [0.29, 0.717) is 45.7 Å². The average Bonchev–Trinajstić information content (AvgIpc) is 2.67. The summed E-state index contributed by atoms with van der Waals surface area (Å²) < 4.78 is 5.27. The second kappa shape index (κ2) is 8.01. The molecule has 0 aromatic heterocycles. The van der Waals surface area contributed by atoms with Crippen molar-refractivity contribution in [3.05, 3.63) is 38.9 Å². The minimum Gasteiger partial charge on any atom is -0.378 e. The quantitative estimate of drug-likeness (QED) is 0.589. The monoisotopic (exact) mass is 381 g/mol. The van der Waals surface area contributed by atoms with Gasteiger partial charge in [-0.3, -0.25) is 19.7 Å². The van der Waals surface area contributed by atoms with Gasteiger partial charge in [-0.05, 0) is 25.0 Å². The molecule has 140 valence electrons. The molecule has 1 aromatic carbocycles. The topological polar surface area (TPSA) is 93.0 Å². The molecule has 0 bridgehead atoms. The van der Waals surface area contributed by atoms with Crippen LogP contribution in [0.2, 0.25) is 5.02 Å². The van der Waals surface area contributed by atoms with Gasteiger partial charge in [0.2, 0.25) is 5.91 Å². The van der Waals surface area contributed by atoms with E-state index in [-0.39, 0.29) is 34.6 Å². The SMILES string of the molecule is O=C(c1ccc(Cl)cc1[N+](=O)[O-])N1CCCC(C(=O)N2CCOCC2)C1. The molecule has 2 fully saturated rings. The van der Waals surface area contributed by atoms with Crippen molar-refractivity contribution in [2.75, 3.05) is 39.4 Å². The molecule has 2 saturated heterocycles. The number of carbonyl (C=O) groups is 2. The van der Waals surface area contributed by atoms with Crippen LogP contribution in [0.1, 0.15) is 23.2 Å². The molecular formula is C17H20ClN3O5. The van der Waals surface area contributed by atoms with Crippen LogP contribution in [0.5, 0.6) is 0 Å². The fourth-order valence-corrected chi connectivity index (χ4v) is 3.58. The molecule has 0 saturated carbocycles. The Hall–Kier alpha value is -2.19. The molecule has 2 aliphatic rings. The number of rotatable bonds is 3. The highest BCUT2D eigenvalue weighted by Crippen LogP contribution is 2.27. The molecule has 0 aliphatic carbocycles. The summed E-state index contributed by atoms with van der Waals surface area (Å²) in [6.45, 7) is 2.92. The molecule has 26 heavy (non-hydrogen) atoms. The van der Waals surface area contributed by atoms with Gasteiger partial charge in [0.25, 0.3) is 11.6 Å². The normalized spacial score (nSPS) is 20.7. The first-order valence-corrected chi connectivity index (χ1v) is 8.95. The number of nitro groups is 1. The fourth-order valence-electron chi connectivity index (χ4n) is 3.41. The number of piperidine rings is 1. The maximum absolute atomic E-state index is 12.8. The Morgan fingerprint density at radius 1 is 1.19 bits per heavy atom. The van der Waals surface area contributed by atoms with Crippen LogP contribution in [-0.4, -0.2) is 65.9 Å². The van der Waals surface area contributed by atoms with Crippen LogP contribution in [-0.2, 0) is 9.53 Å². The van der Waals surface area contributed by atoms with E-state index in [0.717, 1.165) is 0 Å². The lowest BCUT2D eigenvalue weighted by Crippen LogP contribution is -2.49. The number of hydrogen-bond acceptors (Lipinski definition) is 5. The number of likely N-dealkylation sites (tertiary alicyclic amines) is 1. The minimum absolute atomic E-state index is 0.00104. The Kier molecular flexibility index (Phi) is 5.73. The Morgan fingerprint density at radius 2 is 1.92 bits per heavy atom. The van der Waals surface area contributed by atoms with Crippen LogP contribution in [0, 0.1) is 16.0 Å². The van der Waals surface area contributed by atoms with Gasteiger partial charge in [-0.1, -0.05) is 11.6 Å². The highest BCUT2D eigenvalue weighted by atomic mass is 35.5. The summed E-state index contributed by atoms with van der Waals surface area (Å²) in [6, 6.07) is 4.01. The predicted molar refractivity (Wildman–Crippen MR) is 94.1 cm³/mol. The van der Waals surface area contributed by atoms with Crippen molar-refractivity contribution >= 4 is 29.1 Å². The van der Waals surface area contributed by atoms with E-state index in [4.69, 9.17) is 16.3 Å². The van der Waals surface area contributed by atoms with E-state index in [1.807, 2.05) is 0 Å². The van der Waals surface area contributed by atoms with Crippen molar-refractivity contribution in [3.8, 4) is 0 Å². The van der Waals surface area contributed by atoms with Crippen LogP contribution in [0.15, 0.2) is 18.2 Å². The molecule has 8 nitrogen and oxygen atoms in total.